The van der Waals surface area contributed by atoms with E-state index >= 15 is 0 Å². The first kappa shape index (κ1) is 5.35. The van der Waals surface area contributed by atoms with Gasteiger partial charge in [-0.3, -0.25) is 0 Å². The van der Waals surface area contributed by atoms with Gasteiger partial charge in [-0.1, -0.05) is 32.9 Å². The number of benzene rings is 1. The van der Waals surface area contributed by atoms with Crippen LogP contribution >= 0.6 is 0 Å². The fraction of sp³-hybridized carbons (Fsp3) is 0.538. The molecule has 2 nitrogen and oxygen atoms in total. The number of hydrogen-bond acceptors (Lipinski definition) is 2. The fourth-order valence-corrected chi connectivity index (χ4v) is 1.12. The molecule has 1 aromatic carbocycles. The van der Waals surface area contributed by atoms with E-state index in [1.165, 1.54) is 12.1 Å². The summed E-state index contributed by atoms with van der Waals surface area (Å²) in [6.07, 6.45) is 0. The van der Waals surface area contributed by atoms with Crippen LogP contribution in [0, 0.1) is 0 Å². The van der Waals surface area contributed by atoms with Crippen LogP contribution in [0.25, 0.3) is 0 Å². The predicted molar refractivity (Wildman–Crippen MR) is 62.5 cm³/mol. The van der Waals surface area contributed by atoms with Crippen molar-refractivity contribution < 1.29 is 19.1 Å². The van der Waals surface area contributed by atoms with Gasteiger partial charge in [-0.15, -0.1) is 0 Å². The number of ether oxygens (including phenoxy) is 2. The highest BCUT2D eigenvalue weighted by atomic mass is 16.5. The smallest absolute Gasteiger partial charge is 0.119 e. The molecule has 0 aliphatic heterocycles. The van der Waals surface area contributed by atoms with Gasteiger partial charge in [-0.25, -0.2) is 0 Å². The third-order valence-corrected chi connectivity index (χ3v) is 1.98. The zero-order chi connectivity index (χ0) is 17.4. The summed E-state index contributed by atoms with van der Waals surface area (Å²) in [5.41, 5.74) is 0.915. The third kappa shape index (κ3) is 3.92. The van der Waals surface area contributed by atoms with Crippen molar-refractivity contribution in [3.05, 3.63) is 29.8 Å². The van der Waals surface area contributed by atoms with Gasteiger partial charge in [-0.2, -0.15) is 0 Å². The third-order valence-electron chi connectivity index (χ3n) is 1.98. The van der Waals surface area contributed by atoms with Gasteiger partial charge in [0.05, 0.1) is 16.2 Å². The second-order valence-corrected chi connectivity index (χ2v) is 4.18. The van der Waals surface area contributed by atoms with Gasteiger partial charge in [0.25, 0.3) is 0 Å². The molecule has 0 fully saturated rings. The van der Waals surface area contributed by atoms with Crippen LogP contribution in [0.4, 0.5) is 0 Å². The summed E-state index contributed by atoms with van der Waals surface area (Å²) in [6.45, 7) is -0.0492. The molecule has 0 N–H and O–H groups in total. The van der Waals surface area contributed by atoms with E-state index in [1.54, 1.807) is 12.1 Å². The Morgan fingerprint density at radius 1 is 1.20 bits per heavy atom. The fourth-order valence-electron chi connectivity index (χ4n) is 1.12. The Morgan fingerprint density at radius 2 is 1.87 bits per heavy atom. The molecule has 0 spiro atoms. The normalized spacial score (nSPS) is 21.1. The largest absolute Gasteiger partial charge is 0.491 e. The van der Waals surface area contributed by atoms with Crippen LogP contribution in [0.3, 0.4) is 0 Å². The van der Waals surface area contributed by atoms with Crippen molar-refractivity contribution in [3.8, 4) is 5.75 Å². The van der Waals surface area contributed by atoms with E-state index in [2.05, 4.69) is 4.74 Å². The standard InChI is InChI=1S/C13H20O2/c1-13(2,3)11-5-7-12(8-6-11)15-10-9-14-4/h5-8H,9-10H2,1-4H3/i4D3,9D2,10D2. The van der Waals surface area contributed by atoms with E-state index in [0.29, 0.717) is 0 Å². The lowest BCUT2D eigenvalue weighted by Crippen LogP contribution is -2.10. The molecule has 0 saturated carbocycles. The summed E-state index contributed by atoms with van der Waals surface area (Å²) in [4.78, 5) is 0. The highest BCUT2D eigenvalue weighted by Gasteiger charge is 2.12. The minimum Gasteiger partial charge on any atom is -0.491 e. The van der Waals surface area contributed by atoms with Crippen LogP contribution in [0.2, 0.25) is 0 Å². The predicted octanol–water partition coefficient (Wildman–Crippen LogP) is 3.01. The van der Waals surface area contributed by atoms with Gasteiger partial charge in [-0.05, 0) is 23.1 Å². The average Bonchev–Trinajstić information content (AvgIpc) is 2.24. The zero-order valence-electron chi connectivity index (χ0n) is 16.1. The van der Waals surface area contributed by atoms with Crippen LogP contribution in [-0.2, 0) is 10.2 Å². The molecule has 0 atom stereocenters. The van der Waals surface area contributed by atoms with Crippen LogP contribution in [0.15, 0.2) is 24.3 Å². The molecular weight excluding hydrogens is 188 g/mol. The van der Waals surface area contributed by atoms with Gasteiger partial charge in [0.2, 0.25) is 0 Å². The summed E-state index contributed by atoms with van der Waals surface area (Å²) in [5, 5.41) is 0. The Kier molecular flexibility index (Phi) is 1.84. The molecule has 2 heteroatoms. The molecule has 0 aromatic heterocycles. The van der Waals surface area contributed by atoms with E-state index in [-0.39, 0.29) is 11.2 Å². The first-order chi connectivity index (χ1) is 9.64. The maximum Gasteiger partial charge on any atom is 0.119 e. The van der Waals surface area contributed by atoms with Crippen molar-refractivity contribution in [1.82, 2.24) is 0 Å². The topological polar surface area (TPSA) is 18.5 Å². The summed E-state index contributed by atoms with van der Waals surface area (Å²) in [7, 11) is -3.07. The highest BCUT2D eigenvalue weighted by Crippen LogP contribution is 2.24. The summed E-state index contributed by atoms with van der Waals surface area (Å²) >= 11 is 0. The lowest BCUT2D eigenvalue weighted by Gasteiger charge is -2.19. The molecule has 0 bridgehead atoms. The molecule has 1 aromatic rings. The van der Waals surface area contributed by atoms with E-state index in [9.17, 15) is 0 Å². The molecule has 0 aliphatic rings. The lowest BCUT2D eigenvalue weighted by atomic mass is 9.87. The van der Waals surface area contributed by atoms with E-state index in [1.807, 2.05) is 20.8 Å². The molecule has 0 saturated heterocycles. The Bertz CT molecular complexity index is 501. The van der Waals surface area contributed by atoms with Gasteiger partial charge in [0.15, 0.2) is 0 Å². The molecule has 0 heterocycles. The van der Waals surface area contributed by atoms with E-state index < -0.39 is 20.2 Å². The van der Waals surface area contributed by atoms with Gasteiger partial charge in [0, 0.05) is 7.04 Å². The molecular formula is C13H20O2. The number of rotatable bonds is 4. The van der Waals surface area contributed by atoms with Crippen molar-refractivity contribution in [2.45, 2.75) is 26.2 Å². The lowest BCUT2D eigenvalue weighted by molar-refractivity contribution is 0.146. The minimum absolute atomic E-state index is 0.0796. The Balaban J connectivity index is 2.92. The molecule has 0 unspecified atom stereocenters. The average molecular weight is 215 g/mol. The van der Waals surface area contributed by atoms with Crippen molar-refractivity contribution >= 4 is 0 Å². The first-order valence-electron chi connectivity index (χ1n) is 8.14. The van der Waals surface area contributed by atoms with Crippen molar-refractivity contribution in [1.29, 1.82) is 0 Å². The Hall–Kier alpha value is -1.02. The molecule has 84 valence electrons. The van der Waals surface area contributed by atoms with E-state index in [0.717, 1.165) is 5.56 Å². The van der Waals surface area contributed by atoms with Gasteiger partial charge >= 0.3 is 0 Å². The monoisotopic (exact) mass is 215 g/mol. The van der Waals surface area contributed by atoms with Crippen molar-refractivity contribution in [3.63, 3.8) is 0 Å². The molecule has 0 radical (unpaired) electrons. The SMILES string of the molecule is [2H]C([2H])([2H])OC([2H])([2H])C([2H])([2H])Oc1ccc(C(C)(C)C)cc1. The number of hydrogen-bond donors (Lipinski definition) is 0. The number of methoxy groups -OCH3 is 1. The molecule has 1 rings (SSSR count). The second kappa shape index (κ2) is 5.17. The maximum atomic E-state index is 7.62. The summed E-state index contributed by atoms with van der Waals surface area (Å²) in [5.74, 6) is 0.0796. The maximum absolute atomic E-state index is 7.62. The zero-order valence-corrected chi connectivity index (χ0v) is 9.13. The van der Waals surface area contributed by atoms with Crippen LogP contribution in [0.1, 0.15) is 35.9 Å². The van der Waals surface area contributed by atoms with Crippen molar-refractivity contribution in [2.24, 2.45) is 0 Å². The Morgan fingerprint density at radius 3 is 2.40 bits per heavy atom. The summed E-state index contributed by atoms with van der Waals surface area (Å²) < 4.78 is 60.0. The summed E-state index contributed by atoms with van der Waals surface area (Å²) in [6, 6.07) is 6.49. The molecule has 0 aliphatic carbocycles. The quantitative estimate of drug-likeness (QED) is 0.768. The van der Waals surface area contributed by atoms with Crippen LogP contribution < -0.4 is 4.74 Å². The van der Waals surface area contributed by atoms with E-state index in [4.69, 9.17) is 14.3 Å². The van der Waals surface area contributed by atoms with Crippen LogP contribution in [-0.4, -0.2) is 20.2 Å². The second-order valence-electron chi connectivity index (χ2n) is 4.18. The molecule has 15 heavy (non-hydrogen) atoms. The van der Waals surface area contributed by atoms with Crippen molar-refractivity contribution in [2.75, 3.05) is 20.2 Å². The highest BCUT2D eigenvalue weighted by molar-refractivity contribution is 5.31. The minimum atomic E-state index is -3.14. The van der Waals surface area contributed by atoms with Gasteiger partial charge < -0.3 is 9.47 Å². The first-order valence-corrected chi connectivity index (χ1v) is 4.64. The Labute approximate surface area is 102 Å². The van der Waals surface area contributed by atoms with Crippen LogP contribution in [0.5, 0.6) is 5.75 Å². The molecule has 0 amide bonds. The van der Waals surface area contributed by atoms with Gasteiger partial charge in [0.1, 0.15) is 12.3 Å².